The number of benzene rings is 1. The first kappa shape index (κ1) is 18.8. The molecule has 5 rings (SSSR count). The van der Waals surface area contributed by atoms with Crippen molar-refractivity contribution < 1.29 is 9.18 Å². The van der Waals surface area contributed by atoms with Crippen molar-refractivity contribution in [2.45, 2.75) is 19.4 Å². The van der Waals surface area contributed by atoms with Crippen LogP contribution in [0.1, 0.15) is 34.6 Å². The van der Waals surface area contributed by atoms with Crippen LogP contribution >= 0.6 is 11.6 Å². The van der Waals surface area contributed by atoms with Crippen LogP contribution in [-0.4, -0.2) is 31.9 Å². The summed E-state index contributed by atoms with van der Waals surface area (Å²) in [5.41, 5.74) is 4.57. The molecule has 4 aromatic rings. The summed E-state index contributed by atoms with van der Waals surface area (Å²) in [4.78, 5) is 18.8. The van der Waals surface area contributed by atoms with Gasteiger partial charge < -0.3 is 4.90 Å². The van der Waals surface area contributed by atoms with Crippen molar-refractivity contribution in [3.8, 4) is 11.1 Å². The Kier molecular flexibility index (Phi) is 4.51. The van der Waals surface area contributed by atoms with Crippen LogP contribution in [0.5, 0.6) is 0 Å². The lowest BCUT2D eigenvalue weighted by Crippen LogP contribution is -2.39. The maximum Gasteiger partial charge on any atom is 0.274 e. The first-order chi connectivity index (χ1) is 14.5. The van der Waals surface area contributed by atoms with E-state index in [0.717, 1.165) is 23.1 Å². The molecule has 1 aliphatic rings. The SMILES string of the molecule is CC1c2cc(-c3cccnc3F)ccc2CCN1C(=O)c1cc2ccc(Cl)cn2n1. The molecule has 5 nitrogen and oxygen atoms in total. The number of carbonyl (C=O) groups is 1. The van der Waals surface area contributed by atoms with Gasteiger partial charge in [-0.25, -0.2) is 9.50 Å². The number of aromatic nitrogens is 3. The fraction of sp³-hybridized carbons (Fsp3) is 0.174. The number of amides is 1. The number of nitrogens with zero attached hydrogens (tertiary/aromatic N) is 4. The molecular formula is C23H18ClFN4O. The van der Waals surface area contributed by atoms with Gasteiger partial charge in [0.15, 0.2) is 5.69 Å². The minimum atomic E-state index is -0.503. The van der Waals surface area contributed by atoms with Gasteiger partial charge in [-0.15, -0.1) is 0 Å². The van der Waals surface area contributed by atoms with Gasteiger partial charge in [0, 0.05) is 24.5 Å². The molecule has 1 aliphatic heterocycles. The highest BCUT2D eigenvalue weighted by Gasteiger charge is 2.30. The van der Waals surface area contributed by atoms with Crippen molar-refractivity contribution in [3.05, 3.63) is 88.7 Å². The van der Waals surface area contributed by atoms with Gasteiger partial charge in [0.2, 0.25) is 5.95 Å². The van der Waals surface area contributed by atoms with E-state index in [9.17, 15) is 9.18 Å². The molecule has 4 heterocycles. The molecule has 0 spiro atoms. The summed E-state index contributed by atoms with van der Waals surface area (Å²) in [6.45, 7) is 2.59. The number of hydrogen-bond acceptors (Lipinski definition) is 3. The largest absolute Gasteiger partial charge is 0.330 e. The maximum atomic E-state index is 14.2. The zero-order chi connectivity index (χ0) is 20.8. The zero-order valence-corrected chi connectivity index (χ0v) is 17.0. The van der Waals surface area contributed by atoms with Gasteiger partial charge in [-0.05, 0) is 66.4 Å². The summed E-state index contributed by atoms with van der Waals surface area (Å²) in [5.74, 6) is -0.636. The van der Waals surface area contributed by atoms with E-state index in [1.54, 1.807) is 35.0 Å². The molecule has 0 N–H and O–H groups in total. The Hall–Kier alpha value is -3.25. The lowest BCUT2D eigenvalue weighted by molar-refractivity contribution is 0.0671. The number of pyridine rings is 2. The molecule has 0 bridgehead atoms. The smallest absolute Gasteiger partial charge is 0.274 e. The van der Waals surface area contributed by atoms with Crippen LogP contribution in [0.4, 0.5) is 4.39 Å². The molecule has 1 amide bonds. The highest BCUT2D eigenvalue weighted by Crippen LogP contribution is 2.34. The first-order valence-corrected chi connectivity index (χ1v) is 10.1. The fourth-order valence-corrected chi connectivity index (χ4v) is 4.23. The van der Waals surface area contributed by atoms with Gasteiger partial charge in [-0.1, -0.05) is 23.7 Å². The molecule has 0 fully saturated rings. The lowest BCUT2D eigenvalue weighted by atomic mass is 9.90. The maximum absolute atomic E-state index is 14.2. The Morgan fingerprint density at radius 1 is 1.20 bits per heavy atom. The monoisotopic (exact) mass is 420 g/mol. The van der Waals surface area contributed by atoms with E-state index in [2.05, 4.69) is 10.1 Å². The van der Waals surface area contributed by atoms with Crippen molar-refractivity contribution in [1.29, 1.82) is 0 Å². The van der Waals surface area contributed by atoms with Crippen molar-refractivity contribution in [3.63, 3.8) is 0 Å². The third-order valence-corrected chi connectivity index (χ3v) is 5.88. The minimum Gasteiger partial charge on any atom is -0.330 e. The third kappa shape index (κ3) is 3.13. The summed E-state index contributed by atoms with van der Waals surface area (Å²) < 4.78 is 15.8. The van der Waals surface area contributed by atoms with Crippen LogP contribution in [0, 0.1) is 5.95 Å². The first-order valence-electron chi connectivity index (χ1n) is 9.71. The molecule has 1 unspecified atom stereocenters. The summed E-state index contributed by atoms with van der Waals surface area (Å²) in [6.07, 6.45) is 3.85. The van der Waals surface area contributed by atoms with Crippen LogP contribution in [0.25, 0.3) is 16.6 Å². The van der Waals surface area contributed by atoms with E-state index in [-0.39, 0.29) is 11.9 Å². The van der Waals surface area contributed by atoms with E-state index in [4.69, 9.17) is 11.6 Å². The molecule has 0 radical (unpaired) electrons. The lowest BCUT2D eigenvalue weighted by Gasteiger charge is -2.35. The van der Waals surface area contributed by atoms with E-state index in [1.165, 1.54) is 11.8 Å². The van der Waals surface area contributed by atoms with Crippen molar-refractivity contribution in [2.24, 2.45) is 0 Å². The van der Waals surface area contributed by atoms with E-state index in [1.807, 2.05) is 36.1 Å². The standard InChI is InChI=1S/C23H18ClFN4O/c1-14-20-11-16(19-3-2-9-26-22(19)25)5-4-15(20)8-10-28(14)23(30)21-12-18-7-6-17(24)13-29(18)27-21/h2-7,9,11-14H,8,10H2,1H3. The van der Waals surface area contributed by atoms with Crippen molar-refractivity contribution in [1.82, 2.24) is 19.5 Å². The van der Waals surface area contributed by atoms with Gasteiger partial charge in [-0.2, -0.15) is 9.49 Å². The Morgan fingerprint density at radius 3 is 2.90 bits per heavy atom. The second-order valence-electron chi connectivity index (χ2n) is 7.43. The fourth-order valence-electron chi connectivity index (χ4n) is 4.07. The van der Waals surface area contributed by atoms with E-state index >= 15 is 0 Å². The number of halogens is 2. The molecule has 30 heavy (non-hydrogen) atoms. The third-order valence-electron chi connectivity index (χ3n) is 5.66. The quantitative estimate of drug-likeness (QED) is 0.431. The van der Waals surface area contributed by atoms with Gasteiger partial charge in [0.1, 0.15) is 0 Å². The molecule has 1 atom stereocenters. The molecule has 150 valence electrons. The van der Waals surface area contributed by atoms with Crippen LogP contribution in [0.15, 0.2) is 60.9 Å². The van der Waals surface area contributed by atoms with Crippen LogP contribution < -0.4 is 0 Å². The Bertz CT molecular complexity index is 1290. The second kappa shape index (κ2) is 7.22. The van der Waals surface area contributed by atoms with Crippen LogP contribution in [0.2, 0.25) is 5.02 Å². The molecule has 0 aliphatic carbocycles. The summed E-state index contributed by atoms with van der Waals surface area (Å²) >= 11 is 6.02. The van der Waals surface area contributed by atoms with Crippen LogP contribution in [-0.2, 0) is 6.42 Å². The summed E-state index contributed by atoms with van der Waals surface area (Å²) in [6, 6.07) is 14.5. The number of carbonyl (C=O) groups excluding carboxylic acids is 1. The van der Waals surface area contributed by atoms with Crippen molar-refractivity contribution in [2.75, 3.05) is 6.54 Å². The Morgan fingerprint density at radius 2 is 2.07 bits per heavy atom. The van der Waals surface area contributed by atoms with Gasteiger partial charge in [0.05, 0.1) is 16.6 Å². The average Bonchev–Trinajstić information content (AvgIpc) is 3.17. The van der Waals surface area contributed by atoms with Gasteiger partial charge in [-0.3, -0.25) is 4.79 Å². The molecular weight excluding hydrogens is 403 g/mol. The molecule has 3 aromatic heterocycles. The highest BCUT2D eigenvalue weighted by molar-refractivity contribution is 6.30. The molecule has 1 aromatic carbocycles. The Labute approximate surface area is 177 Å². The Balaban J connectivity index is 1.49. The molecule has 0 saturated heterocycles. The molecule has 7 heteroatoms. The van der Waals surface area contributed by atoms with E-state index < -0.39 is 5.95 Å². The van der Waals surface area contributed by atoms with Gasteiger partial charge in [0.25, 0.3) is 5.91 Å². The minimum absolute atomic E-state index is 0.133. The average molecular weight is 421 g/mol. The normalized spacial score (nSPS) is 16.0. The predicted octanol–water partition coefficient (Wildman–Crippen LogP) is 4.95. The second-order valence-corrected chi connectivity index (χ2v) is 7.86. The summed E-state index contributed by atoms with van der Waals surface area (Å²) in [5, 5.41) is 4.95. The number of hydrogen-bond donors (Lipinski definition) is 0. The number of fused-ring (bicyclic) bond motifs is 2. The topological polar surface area (TPSA) is 50.5 Å². The predicted molar refractivity (Wildman–Crippen MR) is 113 cm³/mol. The van der Waals surface area contributed by atoms with E-state index in [0.29, 0.717) is 22.8 Å². The van der Waals surface area contributed by atoms with Crippen molar-refractivity contribution >= 4 is 23.0 Å². The highest BCUT2D eigenvalue weighted by atomic mass is 35.5. The van der Waals surface area contributed by atoms with Crippen LogP contribution in [0.3, 0.4) is 0 Å². The van der Waals surface area contributed by atoms with Gasteiger partial charge >= 0.3 is 0 Å². The number of rotatable bonds is 2. The zero-order valence-electron chi connectivity index (χ0n) is 16.2. The summed E-state index contributed by atoms with van der Waals surface area (Å²) in [7, 11) is 0. The molecule has 0 saturated carbocycles.